The highest BCUT2D eigenvalue weighted by atomic mass is 79.9. The summed E-state index contributed by atoms with van der Waals surface area (Å²) >= 11 is 3.44. The number of hydrogen-bond donors (Lipinski definition) is 1. The molecule has 1 aromatic rings. The summed E-state index contributed by atoms with van der Waals surface area (Å²) in [5.41, 5.74) is 2.75. The second-order valence-electron chi connectivity index (χ2n) is 4.43. The molecule has 0 amide bonds. The number of aliphatic hydroxyl groups excluding tert-OH is 1. The molecular formula is C14H18BrNO. The van der Waals surface area contributed by atoms with Gasteiger partial charge < -0.3 is 5.11 Å². The first-order valence-corrected chi connectivity index (χ1v) is 6.82. The Kier molecular flexibility index (Phi) is 4.77. The molecule has 0 aromatic heterocycles. The number of likely N-dealkylation sites (tertiary alicyclic amines) is 1. The first kappa shape index (κ1) is 12.8. The predicted octanol–water partition coefficient (Wildman–Crippen LogP) is 2.92. The van der Waals surface area contributed by atoms with Crippen LogP contribution in [0.5, 0.6) is 0 Å². The zero-order valence-corrected chi connectivity index (χ0v) is 11.5. The largest absolute Gasteiger partial charge is 0.391 e. The van der Waals surface area contributed by atoms with E-state index < -0.39 is 0 Å². The maximum absolute atomic E-state index is 9.07. The molecule has 0 saturated carbocycles. The molecule has 2 nitrogen and oxygen atoms in total. The number of hydrogen-bond acceptors (Lipinski definition) is 2. The van der Waals surface area contributed by atoms with E-state index in [1.165, 1.54) is 11.1 Å². The molecule has 0 radical (unpaired) electrons. The highest BCUT2D eigenvalue weighted by Gasteiger charge is 2.15. The van der Waals surface area contributed by atoms with Crippen molar-refractivity contribution >= 4 is 15.9 Å². The molecule has 92 valence electrons. The zero-order valence-electron chi connectivity index (χ0n) is 9.90. The molecule has 1 aliphatic heterocycles. The molecular weight excluding hydrogens is 278 g/mol. The smallest absolute Gasteiger partial charge is 0.0746 e. The monoisotopic (exact) mass is 295 g/mol. The van der Waals surface area contributed by atoms with Gasteiger partial charge in [-0.1, -0.05) is 51.8 Å². The van der Waals surface area contributed by atoms with Gasteiger partial charge in [0.25, 0.3) is 0 Å². The van der Waals surface area contributed by atoms with E-state index in [2.05, 4.69) is 51.2 Å². The number of benzene rings is 1. The Hall–Kier alpha value is -0.640. The lowest BCUT2D eigenvalue weighted by Gasteiger charge is -2.29. The Bertz CT molecular complexity index is 378. The standard InChI is InChI=1S/C14H18BrNO/c15-14(11-17)13-6-8-16(9-7-13)10-12-4-2-1-3-5-12/h1-5,17H,6-11H2. The summed E-state index contributed by atoms with van der Waals surface area (Å²) in [4.78, 5) is 2.47. The van der Waals surface area contributed by atoms with Gasteiger partial charge >= 0.3 is 0 Å². The molecule has 2 rings (SSSR count). The van der Waals surface area contributed by atoms with Crippen LogP contribution in [0.2, 0.25) is 0 Å². The molecule has 1 saturated heterocycles. The van der Waals surface area contributed by atoms with Crippen LogP contribution in [0.25, 0.3) is 0 Å². The van der Waals surface area contributed by atoms with Gasteiger partial charge in [-0.05, 0) is 18.4 Å². The molecule has 1 N–H and O–H groups in total. The van der Waals surface area contributed by atoms with E-state index in [9.17, 15) is 0 Å². The molecule has 0 atom stereocenters. The number of halogens is 1. The Morgan fingerprint density at radius 2 is 1.82 bits per heavy atom. The molecule has 0 spiro atoms. The van der Waals surface area contributed by atoms with Crippen LogP contribution in [-0.4, -0.2) is 29.7 Å². The van der Waals surface area contributed by atoms with Crippen LogP contribution < -0.4 is 0 Å². The third kappa shape index (κ3) is 3.66. The Morgan fingerprint density at radius 3 is 2.41 bits per heavy atom. The molecule has 1 aliphatic rings. The lowest BCUT2D eigenvalue weighted by atomic mass is 10.0. The lowest BCUT2D eigenvalue weighted by Crippen LogP contribution is -2.30. The molecule has 17 heavy (non-hydrogen) atoms. The quantitative estimate of drug-likeness (QED) is 0.927. The van der Waals surface area contributed by atoms with Crippen molar-refractivity contribution in [3.05, 3.63) is 46.0 Å². The van der Waals surface area contributed by atoms with Gasteiger partial charge in [0.15, 0.2) is 0 Å². The number of nitrogens with zero attached hydrogens (tertiary/aromatic N) is 1. The van der Waals surface area contributed by atoms with Crippen molar-refractivity contribution < 1.29 is 5.11 Å². The number of piperidine rings is 1. The van der Waals surface area contributed by atoms with Crippen LogP contribution in [0.4, 0.5) is 0 Å². The summed E-state index contributed by atoms with van der Waals surface area (Å²) in [7, 11) is 0. The predicted molar refractivity (Wildman–Crippen MR) is 74.0 cm³/mol. The van der Waals surface area contributed by atoms with Crippen molar-refractivity contribution in [2.75, 3.05) is 19.7 Å². The van der Waals surface area contributed by atoms with E-state index in [1.807, 2.05) is 0 Å². The van der Waals surface area contributed by atoms with Crippen LogP contribution in [0.1, 0.15) is 18.4 Å². The van der Waals surface area contributed by atoms with Crippen LogP contribution in [0, 0.1) is 0 Å². The highest BCUT2D eigenvalue weighted by Crippen LogP contribution is 2.23. The maximum atomic E-state index is 9.07. The minimum Gasteiger partial charge on any atom is -0.391 e. The average molecular weight is 296 g/mol. The van der Waals surface area contributed by atoms with E-state index in [1.54, 1.807) is 0 Å². The first-order valence-electron chi connectivity index (χ1n) is 6.03. The molecule has 0 aliphatic carbocycles. The van der Waals surface area contributed by atoms with E-state index in [-0.39, 0.29) is 6.61 Å². The van der Waals surface area contributed by atoms with Crippen LogP contribution in [-0.2, 0) is 6.54 Å². The second-order valence-corrected chi connectivity index (χ2v) is 5.39. The lowest BCUT2D eigenvalue weighted by molar-refractivity contribution is 0.246. The van der Waals surface area contributed by atoms with E-state index in [0.717, 1.165) is 37.0 Å². The molecule has 0 unspecified atom stereocenters. The topological polar surface area (TPSA) is 23.5 Å². The van der Waals surface area contributed by atoms with Gasteiger partial charge in [0, 0.05) is 24.1 Å². The van der Waals surface area contributed by atoms with Gasteiger partial charge in [-0.25, -0.2) is 0 Å². The highest BCUT2D eigenvalue weighted by molar-refractivity contribution is 9.11. The SMILES string of the molecule is OCC(Br)=C1CCN(Cc2ccccc2)CC1. The molecule has 1 heterocycles. The van der Waals surface area contributed by atoms with E-state index in [4.69, 9.17) is 5.11 Å². The summed E-state index contributed by atoms with van der Waals surface area (Å²) in [5, 5.41) is 9.07. The summed E-state index contributed by atoms with van der Waals surface area (Å²) in [5.74, 6) is 0. The van der Waals surface area contributed by atoms with Crippen molar-refractivity contribution in [3.63, 3.8) is 0 Å². The van der Waals surface area contributed by atoms with Crippen LogP contribution in [0.3, 0.4) is 0 Å². The first-order chi connectivity index (χ1) is 8.29. The van der Waals surface area contributed by atoms with Crippen molar-refractivity contribution in [2.24, 2.45) is 0 Å². The fourth-order valence-corrected chi connectivity index (χ4v) is 2.60. The van der Waals surface area contributed by atoms with Gasteiger partial charge in [0.2, 0.25) is 0 Å². The van der Waals surface area contributed by atoms with Gasteiger partial charge in [-0.2, -0.15) is 0 Å². The van der Waals surface area contributed by atoms with Crippen molar-refractivity contribution in [2.45, 2.75) is 19.4 Å². The van der Waals surface area contributed by atoms with Crippen LogP contribution in [0.15, 0.2) is 40.4 Å². The zero-order chi connectivity index (χ0) is 12.1. The summed E-state index contributed by atoms with van der Waals surface area (Å²) in [6.45, 7) is 3.33. The maximum Gasteiger partial charge on any atom is 0.0746 e. The third-order valence-electron chi connectivity index (χ3n) is 3.23. The minimum absolute atomic E-state index is 0.133. The fourth-order valence-electron chi connectivity index (χ4n) is 2.21. The molecule has 1 fully saturated rings. The summed E-state index contributed by atoms with van der Waals surface area (Å²) < 4.78 is 0.983. The van der Waals surface area contributed by atoms with E-state index in [0.29, 0.717) is 0 Å². The van der Waals surface area contributed by atoms with Crippen molar-refractivity contribution in [3.8, 4) is 0 Å². The minimum atomic E-state index is 0.133. The van der Waals surface area contributed by atoms with Crippen molar-refractivity contribution in [1.82, 2.24) is 4.90 Å². The second kappa shape index (κ2) is 6.34. The molecule has 3 heteroatoms. The average Bonchev–Trinajstić information content (AvgIpc) is 2.40. The van der Waals surface area contributed by atoms with Crippen LogP contribution >= 0.6 is 15.9 Å². The normalized spacial score (nSPS) is 17.2. The Labute approximate surface area is 111 Å². The van der Waals surface area contributed by atoms with E-state index >= 15 is 0 Å². The van der Waals surface area contributed by atoms with Gasteiger partial charge in [0.1, 0.15) is 0 Å². The number of rotatable bonds is 3. The number of aliphatic hydroxyl groups is 1. The third-order valence-corrected chi connectivity index (χ3v) is 4.04. The summed E-state index contributed by atoms with van der Waals surface area (Å²) in [6.07, 6.45) is 2.13. The molecule has 1 aromatic carbocycles. The fraction of sp³-hybridized carbons (Fsp3) is 0.429. The molecule has 0 bridgehead atoms. The van der Waals surface area contributed by atoms with Gasteiger partial charge in [-0.3, -0.25) is 4.90 Å². The van der Waals surface area contributed by atoms with Gasteiger partial charge in [-0.15, -0.1) is 0 Å². The Morgan fingerprint density at radius 1 is 1.18 bits per heavy atom. The van der Waals surface area contributed by atoms with Gasteiger partial charge in [0.05, 0.1) is 6.61 Å². The Balaban J connectivity index is 1.88. The van der Waals surface area contributed by atoms with Crippen molar-refractivity contribution in [1.29, 1.82) is 0 Å². The summed E-state index contributed by atoms with van der Waals surface area (Å²) in [6, 6.07) is 10.6.